The highest BCUT2D eigenvalue weighted by atomic mass is 16.1. The van der Waals surface area contributed by atoms with Crippen molar-refractivity contribution in [2.24, 2.45) is 5.73 Å². The standard InChI is InChI=1S/C14H21N3O/c15-14(18)11-13(17-8-6-16-7-9-17)10-12-4-2-1-3-5-12/h1-5,13,16H,6-11H2,(H2,15,18). The van der Waals surface area contributed by atoms with Gasteiger partial charge in [-0.05, 0) is 12.0 Å². The predicted octanol–water partition coefficient (Wildman–Crippen LogP) is 0.378. The molecule has 1 aliphatic rings. The Labute approximate surface area is 108 Å². The number of benzene rings is 1. The molecule has 1 atom stereocenters. The second-order valence-electron chi connectivity index (χ2n) is 4.80. The molecule has 2 rings (SSSR count). The molecular formula is C14H21N3O. The van der Waals surface area contributed by atoms with Crippen LogP contribution in [0.4, 0.5) is 0 Å². The first-order valence-electron chi connectivity index (χ1n) is 6.52. The molecule has 4 heteroatoms. The van der Waals surface area contributed by atoms with Crippen molar-refractivity contribution in [2.75, 3.05) is 26.2 Å². The van der Waals surface area contributed by atoms with E-state index < -0.39 is 0 Å². The van der Waals surface area contributed by atoms with Crippen LogP contribution in [0.5, 0.6) is 0 Å². The van der Waals surface area contributed by atoms with Gasteiger partial charge in [0.2, 0.25) is 5.91 Å². The Hall–Kier alpha value is -1.39. The quantitative estimate of drug-likeness (QED) is 0.791. The Morgan fingerprint density at radius 2 is 1.94 bits per heavy atom. The van der Waals surface area contributed by atoms with E-state index in [2.05, 4.69) is 22.3 Å². The Morgan fingerprint density at radius 3 is 2.56 bits per heavy atom. The number of nitrogens with zero attached hydrogens (tertiary/aromatic N) is 1. The second-order valence-corrected chi connectivity index (χ2v) is 4.80. The zero-order chi connectivity index (χ0) is 12.8. The number of carbonyl (C=O) groups is 1. The van der Waals surface area contributed by atoms with Crippen LogP contribution < -0.4 is 11.1 Å². The van der Waals surface area contributed by atoms with Gasteiger partial charge in [0.1, 0.15) is 0 Å². The summed E-state index contributed by atoms with van der Waals surface area (Å²) in [5.41, 5.74) is 6.64. The van der Waals surface area contributed by atoms with Crippen molar-refractivity contribution in [2.45, 2.75) is 18.9 Å². The predicted molar refractivity (Wildman–Crippen MR) is 72.2 cm³/mol. The highest BCUT2D eigenvalue weighted by molar-refractivity contribution is 5.74. The molecule has 1 aliphatic heterocycles. The minimum atomic E-state index is -0.213. The van der Waals surface area contributed by atoms with Gasteiger partial charge in [-0.25, -0.2) is 0 Å². The number of primary amides is 1. The summed E-state index contributed by atoms with van der Waals surface area (Å²) in [6.45, 7) is 3.96. The first-order chi connectivity index (χ1) is 8.75. The highest BCUT2D eigenvalue weighted by Crippen LogP contribution is 2.13. The molecule has 3 N–H and O–H groups in total. The number of amides is 1. The first kappa shape index (κ1) is 13.1. The van der Waals surface area contributed by atoms with Gasteiger partial charge in [-0.3, -0.25) is 9.69 Å². The monoisotopic (exact) mass is 247 g/mol. The fourth-order valence-electron chi connectivity index (χ4n) is 2.50. The van der Waals surface area contributed by atoms with Crippen molar-refractivity contribution in [1.29, 1.82) is 0 Å². The van der Waals surface area contributed by atoms with E-state index in [9.17, 15) is 4.79 Å². The van der Waals surface area contributed by atoms with Crippen LogP contribution in [0, 0.1) is 0 Å². The van der Waals surface area contributed by atoms with E-state index in [-0.39, 0.29) is 11.9 Å². The minimum absolute atomic E-state index is 0.213. The van der Waals surface area contributed by atoms with Crippen LogP contribution in [-0.2, 0) is 11.2 Å². The minimum Gasteiger partial charge on any atom is -0.370 e. The van der Waals surface area contributed by atoms with Gasteiger partial charge in [-0.1, -0.05) is 30.3 Å². The molecule has 4 nitrogen and oxygen atoms in total. The van der Waals surface area contributed by atoms with E-state index >= 15 is 0 Å². The third kappa shape index (κ3) is 3.82. The molecule has 0 aliphatic carbocycles. The molecule has 0 spiro atoms. The molecule has 1 unspecified atom stereocenters. The molecule has 1 aromatic carbocycles. The summed E-state index contributed by atoms with van der Waals surface area (Å²) in [5.74, 6) is -0.213. The molecule has 18 heavy (non-hydrogen) atoms. The van der Waals surface area contributed by atoms with E-state index in [4.69, 9.17) is 5.73 Å². The van der Waals surface area contributed by atoms with Crippen LogP contribution in [0.25, 0.3) is 0 Å². The van der Waals surface area contributed by atoms with Crippen molar-refractivity contribution in [3.63, 3.8) is 0 Å². The van der Waals surface area contributed by atoms with Gasteiger partial charge in [-0.2, -0.15) is 0 Å². The molecule has 1 saturated heterocycles. The summed E-state index contributed by atoms with van der Waals surface area (Å²) < 4.78 is 0. The lowest BCUT2D eigenvalue weighted by molar-refractivity contribution is -0.119. The number of hydrogen-bond acceptors (Lipinski definition) is 3. The summed E-state index contributed by atoms with van der Waals surface area (Å²) >= 11 is 0. The normalized spacial score (nSPS) is 18.4. The molecule has 0 radical (unpaired) electrons. The van der Waals surface area contributed by atoms with E-state index in [1.54, 1.807) is 0 Å². The zero-order valence-electron chi connectivity index (χ0n) is 10.6. The summed E-state index contributed by atoms with van der Waals surface area (Å²) in [7, 11) is 0. The Kier molecular flexibility index (Phi) is 4.73. The topological polar surface area (TPSA) is 58.4 Å². The third-order valence-electron chi connectivity index (χ3n) is 3.42. The maximum Gasteiger partial charge on any atom is 0.219 e. The molecule has 98 valence electrons. The molecular weight excluding hydrogens is 226 g/mol. The van der Waals surface area contributed by atoms with Crippen molar-refractivity contribution in [1.82, 2.24) is 10.2 Å². The van der Waals surface area contributed by atoms with Crippen molar-refractivity contribution in [3.05, 3.63) is 35.9 Å². The summed E-state index contributed by atoms with van der Waals surface area (Å²) in [6, 6.07) is 10.5. The van der Waals surface area contributed by atoms with Crippen LogP contribution in [-0.4, -0.2) is 43.0 Å². The average molecular weight is 247 g/mol. The van der Waals surface area contributed by atoms with Gasteiger partial charge in [0, 0.05) is 38.6 Å². The molecule has 1 amide bonds. The fourth-order valence-corrected chi connectivity index (χ4v) is 2.50. The molecule has 0 saturated carbocycles. The molecule has 1 fully saturated rings. The third-order valence-corrected chi connectivity index (χ3v) is 3.42. The van der Waals surface area contributed by atoms with Gasteiger partial charge in [0.05, 0.1) is 0 Å². The van der Waals surface area contributed by atoms with E-state index in [1.807, 2.05) is 18.2 Å². The fraction of sp³-hybridized carbons (Fsp3) is 0.500. The summed E-state index contributed by atoms with van der Waals surface area (Å²) in [6.07, 6.45) is 1.33. The summed E-state index contributed by atoms with van der Waals surface area (Å²) in [4.78, 5) is 13.6. The number of nitrogens with one attached hydrogen (secondary N) is 1. The van der Waals surface area contributed by atoms with Gasteiger partial charge in [0.25, 0.3) is 0 Å². The van der Waals surface area contributed by atoms with Crippen molar-refractivity contribution < 1.29 is 4.79 Å². The smallest absolute Gasteiger partial charge is 0.219 e. The van der Waals surface area contributed by atoms with Crippen molar-refractivity contribution in [3.8, 4) is 0 Å². The highest BCUT2D eigenvalue weighted by Gasteiger charge is 2.22. The van der Waals surface area contributed by atoms with E-state index in [0.717, 1.165) is 32.6 Å². The van der Waals surface area contributed by atoms with Crippen LogP contribution in [0.15, 0.2) is 30.3 Å². The first-order valence-corrected chi connectivity index (χ1v) is 6.52. The van der Waals surface area contributed by atoms with Crippen LogP contribution >= 0.6 is 0 Å². The largest absolute Gasteiger partial charge is 0.370 e. The van der Waals surface area contributed by atoms with Gasteiger partial charge >= 0.3 is 0 Å². The molecule has 1 aromatic rings. The van der Waals surface area contributed by atoms with E-state index in [0.29, 0.717) is 6.42 Å². The van der Waals surface area contributed by atoms with Crippen LogP contribution in [0.2, 0.25) is 0 Å². The number of nitrogens with two attached hydrogens (primary N) is 1. The van der Waals surface area contributed by atoms with Crippen molar-refractivity contribution >= 4 is 5.91 Å². The number of rotatable bonds is 5. The molecule has 0 bridgehead atoms. The SMILES string of the molecule is NC(=O)CC(Cc1ccccc1)N1CCNCC1. The van der Waals surface area contributed by atoms with Gasteiger partial charge in [0.15, 0.2) is 0 Å². The Bertz CT molecular complexity index is 374. The number of piperazine rings is 1. The average Bonchev–Trinajstić information content (AvgIpc) is 2.40. The van der Waals surface area contributed by atoms with Gasteiger partial charge < -0.3 is 11.1 Å². The number of carbonyl (C=O) groups excluding carboxylic acids is 1. The summed E-state index contributed by atoms with van der Waals surface area (Å²) in [5, 5.41) is 3.33. The maximum absolute atomic E-state index is 11.2. The lowest BCUT2D eigenvalue weighted by Gasteiger charge is -2.34. The molecule has 1 heterocycles. The lowest BCUT2D eigenvalue weighted by atomic mass is 10.0. The maximum atomic E-state index is 11.2. The van der Waals surface area contributed by atoms with Gasteiger partial charge in [-0.15, -0.1) is 0 Å². The zero-order valence-corrected chi connectivity index (χ0v) is 10.6. The lowest BCUT2D eigenvalue weighted by Crippen LogP contribution is -2.50. The van der Waals surface area contributed by atoms with Crippen LogP contribution in [0.3, 0.4) is 0 Å². The van der Waals surface area contributed by atoms with E-state index in [1.165, 1.54) is 5.56 Å². The second kappa shape index (κ2) is 6.52. The Morgan fingerprint density at radius 1 is 1.28 bits per heavy atom. The number of hydrogen-bond donors (Lipinski definition) is 2. The van der Waals surface area contributed by atoms with Crippen LogP contribution in [0.1, 0.15) is 12.0 Å². The molecule has 0 aromatic heterocycles. The Balaban J connectivity index is 2.02.